The minimum absolute atomic E-state index is 0.0568. The maximum Gasteiger partial charge on any atom is 0.278 e. The molecule has 0 fully saturated rings. The number of benzene rings is 2. The highest BCUT2D eigenvalue weighted by molar-refractivity contribution is 6.06. The third-order valence-electron chi connectivity index (χ3n) is 5.62. The van der Waals surface area contributed by atoms with Crippen molar-refractivity contribution in [2.24, 2.45) is 0 Å². The number of carbonyl (C=O) groups excluding carboxylic acids is 1. The Bertz CT molecular complexity index is 1560. The van der Waals surface area contributed by atoms with E-state index in [9.17, 15) is 9.59 Å². The molecule has 178 valence electrons. The number of amides is 1. The Hall–Kier alpha value is -4.47. The van der Waals surface area contributed by atoms with Gasteiger partial charge in [0.2, 0.25) is 11.8 Å². The number of nitrogens with zero attached hydrogens (tertiary/aromatic N) is 5. The molecule has 0 unspecified atom stereocenters. The van der Waals surface area contributed by atoms with Crippen molar-refractivity contribution >= 4 is 33.5 Å². The van der Waals surface area contributed by atoms with Gasteiger partial charge in [0.25, 0.3) is 5.56 Å². The van der Waals surface area contributed by atoms with Gasteiger partial charge in [-0.05, 0) is 37.3 Å². The van der Waals surface area contributed by atoms with Gasteiger partial charge in [-0.25, -0.2) is 4.98 Å². The predicted molar refractivity (Wildman–Crippen MR) is 131 cm³/mol. The van der Waals surface area contributed by atoms with Crippen molar-refractivity contribution in [3.63, 3.8) is 0 Å². The lowest BCUT2D eigenvalue weighted by Crippen LogP contribution is -2.25. The minimum Gasteiger partial charge on any atom is -0.494 e. The Kier molecular flexibility index (Phi) is 6.01. The van der Waals surface area contributed by atoms with E-state index >= 15 is 0 Å². The quantitative estimate of drug-likeness (QED) is 0.368. The fraction of sp³-hybridized carbons (Fsp3) is 0.240. The molecule has 0 aliphatic heterocycles. The molecule has 10 heteroatoms. The summed E-state index contributed by atoms with van der Waals surface area (Å²) in [5, 5.41) is 7.56. The zero-order chi connectivity index (χ0) is 24.4. The van der Waals surface area contributed by atoms with E-state index in [0.29, 0.717) is 41.5 Å². The first-order chi connectivity index (χ1) is 17.1. The van der Waals surface area contributed by atoms with E-state index in [4.69, 9.17) is 9.26 Å². The van der Waals surface area contributed by atoms with Gasteiger partial charge in [0, 0.05) is 17.5 Å². The molecule has 1 amide bonds. The number of fused-ring (bicyclic) bond motifs is 3. The van der Waals surface area contributed by atoms with E-state index in [1.165, 1.54) is 10.9 Å². The van der Waals surface area contributed by atoms with Crippen LogP contribution >= 0.6 is 0 Å². The van der Waals surface area contributed by atoms with Gasteiger partial charge >= 0.3 is 0 Å². The summed E-state index contributed by atoms with van der Waals surface area (Å²) in [5.41, 5.74) is 1.97. The first kappa shape index (κ1) is 22.3. The lowest BCUT2D eigenvalue weighted by molar-refractivity contribution is -0.116. The van der Waals surface area contributed by atoms with E-state index in [1.807, 2.05) is 38.1 Å². The second kappa shape index (κ2) is 9.41. The first-order valence-corrected chi connectivity index (χ1v) is 11.4. The van der Waals surface area contributed by atoms with Gasteiger partial charge in [0.15, 0.2) is 5.82 Å². The highest BCUT2D eigenvalue weighted by Crippen LogP contribution is 2.25. The highest BCUT2D eigenvalue weighted by atomic mass is 16.5. The van der Waals surface area contributed by atoms with Crippen molar-refractivity contribution in [2.75, 3.05) is 11.9 Å². The van der Waals surface area contributed by atoms with Crippen LogP contribution in [0.4, 0.5) is 5.69 Å². The molecule has 3 heterocycles. The summed E-state index contributed by atoms with van der Waals surface area (Å²) in [6.07, 6.45) is 2.10. The lowest BCUT2D eigenvalue weighted by atomic mass is 10.2. The minimum atomic E-state index is -0.295. The Morgan fingerprint density at radius 2 is 1.91 bits per heavy atom. The molecule has 0 bridgehead atoms. The van der Waals surface area contributed by atoms with Gasteiger partial charge in [0.1, 0.15) is 29.9 Å². The molecule has 0 radical (unpaired) electrons. The predicted octanol–water partition coefficient (Wildman–Crippen LogP) is 3.38. The number of ether oxygens (including phenoxy) is 1. The molecule has 0 aliphatic rings. The number of anilines is 1. The zero-order valence-corrected chi connectivity index (χ0v) is 19.4. The van der Waals surface area contributed by atoms with E-state index in [0.717, 1.165) is 16.7 Å². The fourth-order valence-corrected chi connectivity index (χ4v) is 4.01. The number of carbonyl (C=O) groups is 1. The monoisotopic (exact) mass is 472 g/mol. The number of aromatic nitrogens is 5. The number of rotatable bonds is 8. The van der Waals surface area contributed by atoms with Gasteiger partial charge in [-0.3, -0.25) is 14.2 Å². The molecule has 0 saturated heterocycles. The topological polar surface area (TPSA) is 117 Å². The van der Waals surface area contributed by atoms with E-state index in [2.05, 4.69) is 20.4 Å². The summed E-state index contributed by atoms with van der Waals surface area (Å²) < 4.78 is 13.8. The van der Waals surface area contributed by atoms with Crippen LogP contribution < -0.4 is 15.6 Å². The summed E-state index contributed by atoms with van der Waals surface area (Å²) in [4.78, 5) is 35.3. The maximum atomic E-state index is 13.5. The first-order valence-electron chi connectivity index (χ1n) is 11.4. The van der Waals surface area contributed by atoms with Crippen LogP contribution in [-0.4, -0.2) is 36.8 Å². The molecule has 35 heavy (non-hydrogen) atoms. The Morgan fingerprint density at radius 1 is 1.11 bits per heavy atom. The molecule has 10 nitrogen and oxygen atoms in total. The van der Waals surface area contributed by atoms with Gasteiger partial charge < -0.3 is 19.1 Å². The Balaban J connectivity index is 1.50. The summed E-state index contributed by atoms with van der Waals surface area (Å²) in [7, 11) is 0. The standard InChI is InChI=1S/C25H24N6O4/c1-3-20-28-22(35-29-20)14-30-15-26-23-18-7-5-6-8-19(18)31(24(23)25(30)33)13-21(32)27-16-9-11-17(12-10-16)34-4-2/h5-12,15H,3-4,13-14H2,1-2H3,(H,27,32). The molecule has 2 aromatic carbocycles. The molecule has 5 rings (SSSR count). The number of hydrogen-bond donors (Lipinski definition) is 1. The van der Waals surface area contributed by atoms with Crippen LogP contribution in [0.15, 0.2) is 64.2 Å². The van der Waals surface area contributed by atoms with Crippen LogP contribution in [0.3, 0.4) is 0 Å². The van der Waals surface area contributed by atoms with E-state index in [-0.39, 0.29) is 24.6 Å². The molecule has 1 N–H and O–H groups in total. The van der Waals surface area contributed by atoms with Crippen molar-refractivity contribution in [2.45, 2.75) is 33.4 Å². The molecule has 0 aliphatic carbocycles. The average Bonchev–Trinajstić information content (AvgIpc) is 3.45. The van der Waals surface area contributed by atoms with Crippen LogP contribution in [-0.2, 0) is 24.3 Å². The van der Waals surface area contributed by atoms with Crippen molar-refractivity contribution in [3.8, 4) is 5.75 Å². The third-order valence-corrected chi connectivity index (χ3v) is 5.62. The van der Waals surface area contributed by atoms with Gasteiger partial charge in [-0.2, -0.15) is 4.98 Å². The smallest absolute Gasteiger partial charge is 0.278 e. The SMILES string of the molecule is CCOc1ccc(NC(=O)Cn2c3ccccc3c3ncn(Cc4nc(CC)no4)c(=O)c32)cc1. The summed E-state index contributed by atoms with van der Waals surface area (Å²) in [6, 6.07) is 14.6. The van der Waals surface area contributed by atoms with Gasteiger partial charge in [0.05, 0.1) is 18.5 Å². The van der Waals surface area contributed by atoms with Crippen molar-refractivity contribution in [3.05, 3.63) is 76.9 Å². The largest absolute Gasteiger partial charge is 0.494 e. The summed E-state index contributed by atoms with van der Waals surface area (Å²) in [6.45, 7) is 4.44. The highest BCUT2D eigenvalue weighted by Gasteiger charge is 2.19. The molecule has 0 atom stereocenters. The van der Waals surface area contributed by atoms with Crippen LogP contribution in [0.5, 0.6) is 5.75 Å². The number of para-hydroxylation sites is 1. The maximum absolute atomic E-state index is 13.5. The van der Waals surface area contributed by atoms with Crippen LogP contribution in [0, 0.1) is 0 Å². The zero-order valence-electron chi connectivity index (χ0n) is 19.4. The van der Waals surface area contributed by atoms with Gasteiger partial charge in [-0.15, -0.1) is 0 Å². The molecular formula is C25H24N6O4. The van der Waals surface area contributed by atoms with Crippen molar-refractivity contribution in [1.82, 2.24) is 24.3 Å². The molecule has 5 aromatic rings. The van der Waals surface area contributed by atoms with E-state index < -0.39 is 0 Å². The van der Waals surface area contributed by atoms with Crippen LogP contribution in [0.2, 0.25) is 0 Å². The third kappa shape index (κ3) is 4.37. The number of nitrogens with one attached hydrogen (secondary N) is 1. The van der Waals surface area contributed by atoms with E-state index in [1.54, 1.807) is 28.8 Å². The van der Waals surface area contributed by atoms with Crippen LogP contribution in [0.25, 0.3) is 21.9 Å². The number of hydrogen-bond acceptors (Lipinski definition) is 7. The lowest BCUT2D eigenvalue weighted by Gasteiger charge is -2.10. The average molecular weight is 473 g/mol. The Morgan fingerprint density at radius 3 is 2.66 bits per heavy atom. The number of aryl methyl sites for hydroxylation is 1. The second-order valence-corrected chi connectivity index (χ2v) is 7.94. The molecule has 3 aromatic heterocycles. The van der Waals surface area contributed by atoms with Crippen LogP contribution in [0.1, 0.15) is 25.6 Å². The second-order valence-electron chi connectivity index (χ2n) is 7.94. The molecule has 0 spiro atoms. The fourth-order valence-electron chi connectivity index (χ4n) is 4.01. The van der Waals surface area contributed by atoms with Gasteiger partial charge in [-0.1, -0.05) is 30.3 Å². The Labute approximate surface area is 200 Å². The summed E-state index contributed by atoms with van der Waals surface area (Å²) >= 11 is 0. The molecular weight excluding hydrogens is 448 g/mol. The molecule has 0 saturated carbocycles. The van der Waals surface area contributed by atoms with Crippen molar-refractivity contribution in [1.29, 1.82) is 0 Å². The van der Waals surface area contributed by atoms with Crippen molar-refractivity contribution < 1.29 is 14.1 Å². The summed E-state index contributed by atoms with van der Waals surface area (Å²) in [5.74, 6) is 1.35. The normalized spacial score (nSPS) is 11.3.